The summed E-state index contributed by atoms with van der Waals surface area (Å²) >= 11 is 0. The number of rotatable bonds is 11. The Morgan fingerprint density at radius 2 is 1.08 bits per heavy atom. The third kappa shape index (κ3) is 8.27. The third-order valence-electron chi connectivity index (χ3n) is 8.17. The number of fused-ring (bicyclic) bond motifs is 2. The van der Waals surface area contributed by atoms with Crippen molar-refractivity contribution in [3.05, 3.63) is 0 Å². The van der Waals surface area contributed by atoms with Crippen molar-refractivity contribution in [3.8, 4) is 0 Å². The maximum Gasteiger partial charge on any atom is 0.502 e. The SMILES string of the molecule is CC(C)(O)C(C)(O)C(C)(C)O.CC1(C)O[Si]2(CCCN)OC(C)(C)C1(C)O2.CO[Si](CCCN)(OC)OC. The second kappa shape index (κ2) is 13.3. The minimum atomic E-state index is -2.48. The summed E-state index contributed by atoms with van der Waals surface area (Å²) in [6, 6.07) is 1.61. The summed E-state index contributed by atoms with van der Waals surface area (Å²) in [5.41, 5.74) is 5.85. The van der Waals surface area contributed by atoms with Gasteiger partial charge in [0.15, 0.2) is 0 Å². The molecule has 2 heterocycles. The fourth-order valence-corrected chi connectivity index (χ4v) is 10.3. The van der Waals surface area contributed by atoms with E-state index in [9.17, 15) is 15.3 Å². The van der Waals surface area contributed by atoms with Gasteiger partial charge >= 0.3 is 17.6 Å². The molecule has 2 bridgehead atoms. The van der Waals surface area contributed by atoms with Crippen LogP contribution in [0.5, 0.6) is 0 Å². The van der Waals surface area contributed by atoms with E-state index in [1.807, 2.05) is 0 Å². The first kappa shape index (κ1) is 38.0. The van der Waals surface area contributed by atoms with Gasteiger partial charge in [0.05, 0.1) is 22.4 Å². The second-order valence-corrected chi connectivity index (χ2v) is 17.9. The number of aliphatic hydroxyl groups is 3. The molecular weight excluding hydrogens is 528 g/mol. The first-order valence-corrected chi connectivity index (χ1v) is 17.1. The number of nitrogens with two attached hydrogens (primary N) is 2. The van der Waals surface area contributed by atoms with Crippen molar-refractivity contribution < 1.29 is 41.9 Å². The number of hydrogen-bond acceptors (Lipinski definition) is 11. The fraction of sp³-hybridized carbons (Fsp3) is 1.00. The molecule has 0 radical (unpaired) electrons. The van der Waals surface area contributed by atoms with Gasteiger partial charge in [-0.1, -0.05) is 0 Å². The molecule has 2 rings (SSSR count). The van der Waals surface area contributed by atoms with Crippen molar-refractivity contribution in [2.45, 2.75) is 128 Å². The van der Waals surface area contributed by atoms with Crippen LogP contribution in [0.25, 0.3) is 0 Å². The normalized spacial score (nSPS) is 26.4. The van der Waals surface area contributed by atoms with E-state index in [0.29, 0.717) is 13.1 Å². The fourth-order valence-electron chi connectivity index (χ4n) is 4.41. The summed E-state index contributed by atoms with van der Waals surface area (Å²) in [6.07, 6.45) is 1.77. The molecule has 230 valence electrons. The molecule has 38 heavy (non-hydrogen) atoms. The van der Waals surface area contributed by atoms with Crippen LogP contribution < -0.4 is 11.5 Å². The first-order valence-electron chi connectivity index (χ1n) is 13.3. The molecule has 0 spiro atoms. The topological polar surface area (TPSA) is 168 Å². The lowest BCUT2D eigenvalue weighted by atomic mass is 9.76. The van der Waals surface area contributed by atoms with E-state index in [2.05, 4.69) is 34.6 Å². The summed E-state index contributed by atoms with van der Waals surface area (Å²) in [5, 5.41) is 28.6. The first-order chi connectivity index (χ1) is 16.9. The molecule has 7 N–H and O–H groups in total. The van der Waals surface area contributed by atoms with Crippen molar-refractivity contribution in [1.29, 1.82) is 0 Å². The van der Waals surface area contributed by atoms with E-state index >= 15 is 0 Å². The Morgan fingerprint density at radius 3 is 1.32 bits per heavy atom. The lowest BCUT2D eigenvalue weighted by Gasteiger charge is -2.47. The summed E-state index contributed by atoms with van der Waals surface area (Å²) < 4.78 is 34.0. The molecule has 11 nitrogen and oxygen atoms in total. The summed E-state index contributed by atoms with van der Waals surface area (Å²) in [6.45, 7) is 19.0. The van der Waals surface area contributed by atoms with Gasteiger partial charge in [0.2, 0.25) is 0 Å². The molecule has 2 aliphatic heterocycles. The largest absolute Gasteiger partial charge is 0.502 e. The van der Waals surface area contributed by atoms with E-state index in [-0.39, 0.29) is 16.8 Å². The van der Waals surface area contributed by atoms with Gasteiger partial charge < -0.3 is 53.3 Å². The highest BCUT2D eigenvalue weighted by atomic mass is 28.4. The molecule has 0 aromatic heterocycles. The highest BCUT2D eigenvalue weighted by Gasteiger charge is 2.76. The Kier molecular flexibility index (Phi) is 13.3. The number of hydrogen-bond donors (Lipinski definition) is 5. The maximum absolute atomic E-state index is 9.69. The van der Waals surface area contributed by atoms with Gasteiger partial charge in [-0.2, -0.15) is 0 Å². The van der Waals surface area contributed by atoms with Crippen LogP contribution in [0.2, 0.25) is 12.1 Å². The highest BCUT2D eigenvalue weighted by Crippen LogP contribution is 2.57. The van der Waals surface area contributed by atoms with Crippen molar-refractivity contribution in [2.24, 2.45) is 11.5 Å². The van der Waals surface area contributed by atoms with E-state index in [4.69, 9.17) is 38.0 Å². The molecule has 0 atom stereocenters. The zero-order valence-corrected chi connectivity index (χ0v) is 28.2. The zero-order chi connectivity index (χ0) is 30.5. The van der Waals surface area contributed by atoms with Gasteiger partial charge in [0.25, 0.3) is 0 Å². The van der Waals surface area contributed by atoms with E-state index in [1.54, 1.807) is 21.3 Å². The minimum Gasteiger partial charge on any atom is -0.387 e. The quantitative estimate of drug-likeness (QED) is 0.225. The van der Waals surface area contributed by atoms with Crippen molar-refractivity contribution in [3.63, 3.8) is 0 Å². The molecule has 13 heteroatoms. The lowest BCUT2D eigenvalue weighted by molar-refractivity contribution is -0.211. The average Bonchev–Trinajstić information content (AvgIpc) is 3.11. The Balaban J connectivity index is 0.000000560. The molecule has 2 saturated heterocycles. The standard InChI is InChI=1S/C11H23NO3Si.C8H18O3.C6H17NO3Si/c1-9(2)11(5)10(3,4)14-16(13-9,15-11)8-6-7-12;1-6(2,9)8(5,11)7(3,4)10;1-8-11(9-2,10-3)6-4-5-7/h6-8,12H2,1-5H3;9-11H,1-5H3;4-7H2,1-3H3. The Morgan fingerprint density at radius 1 is 0.711 bits per heavy atom. The summed E-state index contributed by atoms with van der Waals surface area (Å²) in [7, 11) is 0.0259. The smallest absolute Gasteiger partial charge is 0.387 e. The molecule has 0 unspecified atom stereocenters. The monoisotopic (exact) mass is 586 g/mol. The molecule has 2 aliphatic rings. The molecule has 0 aromatic carbocycles. The van der Waals surface area contributed by atoms with Gasteiger partial charge in [0.1, 0.15) is 11.2 Å². The average molecular weight is 587 g/mol. The van der Waals surface area contributed by atoms with E-state index in [0.717, 1.165) is 24.9 Å². The van der Waals surface area contributed by atoms with Gasteiger partial charge in [-0.3, -0.25) is 0 Å². The highest BCUT2D eigenvalue weighted by molar-refractivity contribution is 6.62. The molecule has 0 amide bonds. The van der Waals surface area contributed by atoms with E-state index < -0.39 is 34.4 Å². The van der Waals surface area contributed by atoms with Gasteiger partial charge in [-0.05, 0) is 95.2 Å². The van der Waals surface area contributed by atoms with Crippen LogP contribution in [-0.2, 0) is 26.6 Å². The zero-order valence-electron chi connectivity index (χ0n) is 26.2. The van der Waals surface area contributed by atoms with E-state index in [1.165, 1.54) is 34.6 Å². The maximum atomic E-state index is 9.69. The Hall–Kier alpha value is -0.00623. The Bertz CT molecular complexity index is 676. The van der Waals surface area contributed by atoms with Crippen LogP contribution in [-0.4, -0.2) is 101 Å². The van der Waals surface area contributed by atoms with Crippen LogP contribution in [0.4, 0.5) is 0 Å². The van der Waals surface area contributed by atoms with Crippen LogP contribution in [0.3, 0.4) is 0 Å². The molecule has 0 saturated carbocycles. The Labute approximate surface area is 233 Å². The van der Waals surface area contributed by atoms with Crippen molar-refractivity contribution in [1.82, 2.24) is 0 Å². The van der Waals surface area contributed by atoms with Crippen molar-refractivity contribution >= 4 is 17.6 Å². The lowest BCUT2D eigenvalue weighted by Crippen LogP contribution is -2.62. The molecule has 2 fully saturated rings. The summed E-state index contributed by atoms with van der Waals surface area (Å²) in [5.74, 6) is 0. The van der Waals surface area contributed by atoms with Crippen molar-refractivity contribution in [2.75, 3.05) is 34.4 Å². The third-order valence-corrected chi connectivity index (χ3v) is 14.3. The van der Waals surface area contributed by atoms with Gasteiger partial charge in [0, 0.05) is 33.4 Å². The van der Waals surface area contributed by atoms with Crippen LogP contribution in [0, 0.1) is 0 Å². The predicted molar refractivity (Wildman–Crippen MR) is 153 cm³/mol. The van der Waals surface area contributed by atoms with Crippen LogP contribution in [0.1, 0.15) is 82.1 Å². The second-order valence-electron chi connectivity index (χ2n) is 12.3. The molecule has 0 aromatic rings. The van der Waals surface area contributed by atoms with Crippen LogP contribution in [0.15, 0.2) is 0 Å². The summed E-state index contributed by atoms with van der Waals surface area (Å²) in [4.78, 5) is 0. The minimum absolute atomic E-state index is 0.282. The predicted octanol–water partition coefficient (Wildman–Crippen LogP) is 2.16. The van der Waals surface area contributed by atoms with Crippen LogP contribution >= 0.6 is 0 Å². The van der Waals surface area contributed by atoms with Gasteiger partial charge in [-0.25, -0.2) is 0 Å². The van der Waals surface area contributed by atoms with Gasteiger partial charge in [-0.15, -0.1) is 0 Å². The molecular formula is C25H58N2O9Si2. The molecule has 0 aliphatic carbocycles.